The molecular weight excluding hydrogens is 508 g/mol. The summed E-state index contributed by atoms with van der Waals surface area (Å²) in [4.78, 5) is 34.2. The van der Waals surface area contributed by atoms with E-state index in [2.05, 4.69) is 9.89 Å². The molecule has 2 aromatic carbocycles. The number of fused-ring (bicyclic) bond motifs is 1. The number of carboxylic acids is 1. The van der Waals surface area contributed by atoms with Crippen LogP contribution in [-0.2, 0) is 0 Å². The summed E-state index contributed by atoms with van der Waals surface area (Å²) in [5.41, 5.74) is 0.435. The topological polar surface area (TPSA) is 73.2 Å². The van der Waals surface area contributed by atoms with Gasteiger partial charge in [0.25, 0.3) is 5.91 Å². The van der Waals surface area contributed by atoms with Crippen molar-refractivity contribution in [1.29, 1.82) is 0 Å². The highest BCUT2D eigenvalue weighted by Crippen LogP contribution is 2.43. The van der Waals surface area contributed by atoms with Crippen LogP contribution in [0.15, 0.2) is 35.3 Å². The normalized spacial score (nSPS) is 22.1. The zero-order valence-corrected chi connectivity index (χ0v) is 20.8. The largest absolute Gasteiger partial charge is 0.478 e. The fourth-order valence-corrected chi connectivity index (χ4v) is 5.35. The molecule has 0 saturated carbocycles. The maximum absolute atomic E-state index is 13.9. The molecule has 4 rings (SSSR count). The van der Waals surface area contributed by atoms with Gasteiger partial charge in [-0.3, -0.25) is 9.79 Å². The average Bonchev–Trinajstić information content (AvgIpc) is 3.21. The number of halogens is 4. The molecule has 0 aromatic heterocycles. The number of likely N-dealkylation sites (tertiary alicyclic amines) is 1. The quantitative estimate of drug-likeness (QED) is 0.522. The molecule has 0 bridgehead atoms. The lowest BCUT2D eigenvalue weighted by atomic mass is 9.85. The molecule has 0 radical (unpaired) electrons. The first-order valence-corrected chi connectivity index (χ1v) is 11.9. The Morgan fingerprint density at radius 1 is 1.06 bits per heavy atom. The fraction of sp³-hybridized carbons (Fsp3) is 0.348. The van der Waals surface area contributed by atoms with Crippen molar-refractivity contribution >= 4 is 64.6 Å². The maximum Gasteiger partial charge on any atom is 0.336 e. The first kappa shape index (κ1) is 24.1. The van der Waals surface area contributed by atoms with Gasteiger partial charge < -0.3 is 14.9 Å². The summed E-state index contributed by atoms with van der Waals surface area (Å²) in [5.74, 6) is -1.74. The van der Waals surface area contributed by atoms with Gasteiger partial charge in [-0.05, 0) is 44.0 Å². The van der Waals surface area contributed by atoms with Crippen molar-refractivity contribution < 1.29 is 14.7 Å². The van der Waals surface area contributed by atoms with Crippen LogP contribution in [0.1, 0.15) is 52.6 Å². The molecular formula is C23H21Cl4N3O3. The standard InChI is InChI=1S/C23H21Cl4N3O3/c1-11(2)30-10-28-18-6-7-29(20(21(18)30)12-4-3-5-15(24)19(12)27)22(31)13-8-16(25)17(26)9-14(13)23(32)33/h3-5,8-11,18,20-21H,6-7H2,1-2H3,(H,32,33). The number of aliphatic imine (C=N–C) groups is 1. The third-order valence-corrected chi connectivity index (χ3v) is 7.69. The molecule has 1 amide bonds. The minimum absolute atomic E-state index is 0.0338. The molecule has 0 aliphatic carbocycles. The van der Waals surface area contributed by atoms with Crippen molar-refractivity contribution in [2.45, 2.75) is 44.4 Å². The number of amides is 1. The predicted octanol–water partition coefficient (Wildman–Crippen LogP) is 6.08. The van der Waals surface area contributed by atoms with Crippen LogP contribution in [0.5, 0.6) is 0 Å². The average molecular weight is 529 g/mol. The molecule has 174 valence electrons. The summed E-state index contributed by atoms with van der Waals surface area (Å²) in [6.07, 6.45) is 2.44. The van der Waals surface area contributed by atoms with Crippen molar-refractivity contribution in [3.05, 3.63) is 67.1 Å². The molecule has 2 aromatic rings. The first-order valence-electron chi connectivity index (χ1n) is 10.4. The molecule has 3 atom stereocenters. The van der Waals surface area contributed by atoms with E-state index in [0.717, 1.165) is 0 Å². The van der Waals surface area contributed by atoms with Crippen LogP contribution in [0.4, 0.5) is 0 Å². The Bertz CT molecular complexity index is 1150. The van der Waals surface area contributed by atoms with E-state index in [1.54, 1.807) is 17.0 Å². The molecule has 2 heterocycles. The Hall–Kier alpha value is -1.99. The zero-order chi connectivity index (χ0) is 24.0. The van der Waals surface area contributed by atoms with Gasteiger partial charge in [0.2, 0.25) is 0 Å². The Morgan fingerprint density at radius 3 is 2.36 bits per heavy atom. The van der Waals surface area contributed by atoms with E-state index in [1.165, 1.54) is 12.1 Å². The highest BCUT2D eigenvalue weighted by Gasteiger charge is 2.47. The third kappa shape index (κ3) is 4.30. The van der Waals surface area contributed by atoms with Crippen molar-refractivity contribution in [2.75, 3.05) is 6.54 Å². The van der Waals surface area contributed by atoms with Crippen LogP contribution >= 0.6 is 46.4 Å². The molecule has 1 fully saturated rings. The molecule has 33 heavy (non-hydrogen) atoms. The van der Waals surface area contributed by atoms with E-state index in [9.17, 15) is 14.7 Å². The van der Waals surface area contributed by atoms with Gasteiger partial charge in [0.1, 0.15) is 0 Å². The predicted molar refractivity (Wildman–Crippen MR) is 131 cm³/mol. The molecule has 6 nitrogen and oxygen atoms in total. The van der Waals surface area contributed by atoms with Crippen LogP contribution < -0.4 is 0 Å². The third-order valence-electron chi connectivity index (χ3n) is 6.13. The van der Waals surface area contributed by atoms with Gasteiger partial charge in [-0.1, -0.05) is 58.5 Å². The van der Waals surface area contributed by atoms with Gasteiger partial charge in [0.15, 0.2) is 0 Å². The minimum Gasteiger partial charge on any atom is -0.478 e. The minimum atomic E-state index is -1.27. The van der Waals surface area contributed by atoms with Crippen LogP contribution in [-0.4, -0.2) is 57.8 Å². The summed E-state index contributed by atoms with van der Waals surface area (Å²) in [5, 5.41) is 10.6. The number of piperidine rings is 1. The number of hydrogen-bond donors (Lipinski definition) is 1. The van der Waals surface area contributed by atoms with Gasteiger partial charge in [-0.2, -0.15) is 0 Å². The SMILES string of the molecule is CC(C)N1C=NC2CCN(C(=O)c3cc(Cl)c(Cl)cc3C(=O)O)C(c3cccc(Cl)c3Cl)C21. The number of rotatable bonds is 4. The second-order valence-corrected chi connectivity index (χ2v) is 9.96. The maximum atomic E-state index is 13.9. The Morgan fingerprint density at radius 2 is 1.73 bits per heavy atom. The fourth-order valence-electron chi connectivity index (χ4n) is 4.60. The number of benzene rings is 2. The number of aromatic carboxylic acids is 1. The lowest BCUT2D eigenvalue weighted by Crippen LogP contribution is -2.56. The van der Waals surface area contributed by atoms with Gasteiger partial charge in [-0.25, -0.2) is 4.79 Å². The lowest BCUT2D eigenvalue weighted by Gasteiger charge is -2.47. The summed E-state index contributed by atoms with van der Waals surface area (Å²) >= 11 is 25.2. The Kier molecular flexibility index (Phi) is 6.83. The second kappa shape index (κ2) is 9.34. The zero-order valence-electron chi connectivity index (χ0n) is 17.8. The summed E-state index contributed by atoms with van der Waals surface area (Å²) in [6, 6.07) is 7.21. The van der Waals surface area contributed by atoms with E-state index in [-0.39, 0.29) is 39.3 Å². The smallest absolute Gasteiger partial charge is 0.336 e. The first-order chi connectivity index (χ1) is 15.6. The highest BCUT2D eigenvalue weighted by molar-refractivity contribution is 6.43. The second-order valence-electron chi connectivity index (χ2n) is 8.36. The van der Waals surface area contributed by atoms with Crippen molar-refractivity contribution in [3.8, 4) is 0 Å². The number of carbonyl (C=O) groups is 2. The number of hydrogen-bond acceptors (Lipinski definition) is 4. The summed E-state index contributed by atoms with van der Waals surface area (Å²) in [7, 11) is 0. The number of carboxylic acid groups (broad SMARTS) is 1. The van der Waals surface area contributed by atoms with E-state index < -0.39 is 17.9 Å². The molecule has 3 unspecified atom stereocenters. The Labute approximate surface area is 211 Å². The Balaban J connectivity index is 1.87. The molecule has 2 aliphatic rings. The van der Waals surface area contributed by atoms with Crippen molar-refractivity contribution in [1.82, 2.24) is 9.80 Å². The molecule has 10 heteroatoms. The van der Waals surface area contributed by atoms with Gasteiger partial charge in [-0.15, -0.1) is 0 Å². The number of carbonyl (C=O) groups excluding carboxylic acids is 1. The van der Waals surface area contributed by atoms with Crippen LogP contribution in [0.3, 0.4) is 0 Å². The van der Waals surface area contributed by atoms with Crippen molar-refractivity contribution in [2.24, 2.45) is 4.99 Å². The van der Waals surface area contributed by atoms with E-state index in [4.69, 9.17) is 46.4 Å². The summed E-state index contributed by atoms with van der Waals surface area (Å²) < 4.78 is 0. The number of nitrogens with zero attached hydrogens (tertiary/aromatic N) is 3. The summed E-state index contributed by atoms with van der Waals surface area (Å²) in [6.45, 7) is 4.46. The van der Waals surface area contributed by atoms with Gasteiger partial charge >= 0.3 is 5.97 Å². The lowest BCUT2D eigenvalue weighted by molar-refractivity contribution is 0.0390. The molecule has 2 aliphatic heterocycles. The molecule has 1 saturated heterocycles. The van der Waals surface area contributed by atoms with Crippen LogP contribution in [0.2, 0.25) is 20.1 Å². The van der Waals surface area contributed by atoms with Crippen molar-refractivity contribution in [3.63, 3.8) is 0 Å². The van der Waals surface area contributed by atoms with Gasteiger partial charge in [0.05, 0.1) is 55.7 Å². The molecule has 1 N–H and O–H groups in total. The monoisotopic (exact) mass is 527 g/mol. The molecule has 0 spiro atoms. The highest BCUT2D eigenvalue weighted by atomic mass is 35.5. The van der Waals surface area contributed by atoms with Crippen LogP contribution in [0.25, 0.3) is 0 Å². The van der Waals surface area contributed by atoms with Gasteiger partial charge in [0, 0.05) is 12.6 Å². The van der Waals surface area contributed by atoms with E-state index >= 15 is 0 Å². The van der Waals surface area contributed by atoms with E-state index in [0.29, 0.717) is 28.6 Å². The van der Waals surface area contributed by atoms with E-state index in [1.807, 2.05) is 26.3 Å². The van der Waals surface area contributed by atoms with Crippen LogP contribution in [0, 0.1) is 0 Å².